The lowest BCUT2D eigenvalue weighted by Crippen LogP contribution is -2.12. The number of benzene rings is 1. The summed E-state index contributed by atoms with van der Waals surface area (Å²) in [5.74, 6) is 0. The quantitative estimate of drug-likeness (QED) is 0.853. The highest BCUT2D eigenvalue weighted by atomic mass is 79.9. The number of rotatable bonds is 4. The van der Waals surface area contributed by atoms with Crippen molar-refractivity contribution >= 4 is 33.0 Å². The number of aromatic nitrogens is 1. The van der Waals surface area contributed by atoms with Gasteiger partial charge in [0.2, 0.25) is 0 Å². The van der Waals surface area contributed by atoms with Crippen molar-refractivity contribution < 1.29 is 0 Å². The van der Waals surface area contributed by atoms with Gasteiger partial charge in [-0.05, 0) is 40.5 Å². The maximum absolute atomic E-state index is 5.82. The van der Waals surface area contributed by atoms with Crippen LogP contribution >= 0.6 is 27.3 Å². The second-order valence-corrected chi connectivity index (χ2v) is 5.64. The van der Waals surface area contributed by atoms with Crippen molar-refractivity contribution in [2.75, 3.05) is 5.73 Å². The van der Waals surface area contributed by atoms with Crippen LogP contribution in [0.5, 0.6) is 0 Å². The van der Waals surface area contributed by atoms with Crippen LogP contribution in [0.3, 0.4) is 0 Å². The number of halogens is 1. The van der Waals surface area contributed by atoms with Gasteiger partial charge in [-0.15, -0.1) is 11.3 Å². The predicted octanol–water partition coefficient (Wildman–Crippen LogP) is 3.09. The third-order valence-electron chi connectivity index (χ3n) is 2.33. The molecule has 0 saturated carbocycles. The van der Waals surface area contributed by atoms with Crippen LogP contribution < -0.4 is 11.1 Å². The molecule has 17 heavy (non-hydrogen) atoms. The van der Waals surface area contributed by atoms with E-state index in [1.807, 2.05) is 19.1 Å². The Morgan fingerprint density at radius 3 is 2.88 bits per heavy atom. The summed E-state index contributed by atoms with van der Waals surface area (Å²) in [5.41, 5.74) is 8.86. The summed E-state index contributed by atoms with van der Waals surface area (Å²) in [6, 6.07) is 6.00. The number of nitrogens with two attached hydrogens (primary N) is 1. The zero-order valence-corrected chi connectivity index (χ0v) is 11.9. The lowest BCUT2D eigenvalue weighted by Gasteiger charge is -2.05. The SMILES string of the molecule is Cc1csc(CNCc2ccc(Br)c(N)c2)n1. The lowest BCUT2D eigenvalue weighted by molar-refractivity contribution is 0.689. The number of nitrogens with zero attached hydrogens (tertiary/aromatic N) is 1. The molecule has 1 aromatic heterocycles. The molecule has 3 N–H and O–H groups in total. The normalized spacial score (nSPS) is 10.7. The second-order valence-electron chi connectivity index (χ2n) is 3.84. The van der Waals surface area contributed by atoms with Gasteiger partial charge in [-0.3, -0.25) is 0 Å². The first-order chi connectivity index (χ1) is 8.15. The molecule has 2 rings (SSSR count). The number of hydrogen-bond donors (Lipinski definition) is 2. The maximum atomic E-state index is 5.82. The molecule has 1 heterocycles. The minimum Gasteiger partial charge on any atom is -0.398 e. The van der Waals surface area contributed by atoms with E-state index in [1.54, 1.807) is 11.3 Å². The van der Waals surface area contributed by atoms with Gasteiger partial charge in [0.1, 0.15) is 5.01 Å². The van der Waals surface area contributed by atoms with E-state index in [0.29, 0.717) is 0 Å². The molecule has 0 bridgehead atoms. The average Bonchev–Trinajstić information content (AvgIpc) is 2.70. The van der Waals surface area contributed by atoms with Gasteiger partial charge in [-0.1, -0.05) is 6.07 Å². The van der Waals surface area contributed by atoms with Gasteiger partial charge >= 0.3 is 0 Å². The molecular weight excluding hydrogens is 298 g/mol. The molecule has 90 valence electrons. The summed E-state index contributed by atoms with van der Waals surface area (Å²) in [6.45, 7) is 3.61. The molecule has 0 amide bonds. The topological polar surface area (TPSA) is 50.9 Å². The smallest absolute Gasteiger partial charge is 0.107 e. The van der Waals surface area contributed by atoms with Crippen molar-refractivity contribution in [3.05, 3.63) is 44.3 Å². The van der Waals surface area contributed by atoms with E-state index in [2.05, 4.69) is 37.7 Å². The minimum atomic E-state index is 0.773. The zero-order valence-electron chi connectivity index (χ0n) is 9.53. The van der Waals surface area contributed by atoms with E-state index in [0.717, 1.165) is 34.0 Å². The molecule has 5 heteroatoms. The summed E-state index contributed by atoms with van der Waals surface area (Å²) in [5, 5.41) is 6.54. The molecule has 0 aliphatic carbocycles. The van der Waals surface area contributed by atoms with E-state index in [9.17, 15) is 0 Å². The number of anilines is 1. The van der Waals surface area contributed by atoms with Crippen LogP contribution in [0, 0.1) is 6.92 Å². The van der Waals surface area contributed by atoms with Gasteiger partial charge in [0.05, 0.1) is 0 Å². The van der Waals surface area contributed by atoms with Gasteiger partial charge in [0.15, 0.2) is 0 Å². The van der Waals surface area contributed by atoms with Crippen LogP contribution in [0.1, 0.15) is 16.3 Å². The number of hydrogen-bond acceptors (Lipinski definition) is 4. The predicted molar refractivity (Wildman–Crippen MR) is 75.9 cm³/mol. The highest BCUT2D eigenvalue weighted by molar-refractivity contribution is 9.10. The Balaban J connectivity index is 1.87. The summed E-state index contributed by atoms with van der Waals surface area (Å²) in [7, 11) is 0. The van der Waals surface area contributed by atoms with E-state index in [1.165, 1.54) is 5.56 Å². The third-order valence-corrected chi connectivity index (χ3v) is 4.02. The molecule has 1 aromatic carbocycles. The van der Waals surface area contributed by atoms with E-state index in [4.69, 9.17) is 5.73 Å². The molecular formula is C12H14BrN3S. The third kappa shape index (κ3) is 3.52. The standard InChI is InChI=1S/C12H14BrN3S/c1-8-7-17-12(16-8)6-15-5-9-2-3-10(13)11(14)4-9/h2-4,7,15H,5-6,14H2,1H3. The number of aryl methyl sites for hydroxylation is 1. The van der Waals surface area contributed by atoms with Crippen molar-refractivity contribution in [1.82, 2.24) is 10.3 Å². The van der Waals surface area contributed by atoms with Gasteiger partial charge in [-0.25, -0.2) is 4.98 Å². The second kappa shape index (κ2) is 5.62. The van der Waals surface area contributed by atoms with E-state index >= 15 is 0 Å². The molecule has 3 nitrogen and oxygen atoms in total. The molecule has 0 saturated heterocycles. The fourth-order valence-electron chi connectivity index (χ4n) is 1.50. The van der Waals surface area contributed by atoms with Crippen LogP contribution in [0.4, 0.5) is 5.69 Å². The number of nitrogen functional groups attached to an aromatic ring is 1. The first kappa shape index (κ1) is 12.5. The Labute approximate surface area is 113 Å². The molecule has 0 unspecified atom stereocenters. The Hall–Kier alpha value is -0.910. The fraction of sp³-hybridized carbons (Fsp3) is 0.250. The molecule has 0 radical (unpaired) electrons. The Kier molecular flexibility index (Phi) is 4.15. The highest BCUT2D eigenvalue weighted by Gasteiger charge is 2.00. The van der Waals surface area contributed by atoms with Crippen LogP contribution in [-0.4, -0.2) is 4.98 Å². The van der Waals surface area contributed by atoms with E-state index in [-0.39, 0.29) is 0 Å². The first-order valence-corrected chi connectivity index (χ1v) is 6.98. The van der Waals surface area contributed by atoms with Crippen LogP contribution in [0.25, 0.3) is 0 Å². The van der Waals surface area contributed by atoms with Crippen molar-refractivity contribution in [3.8, 4) is 0 Å². The largest absolute Gasteiger partial charge is 0.398 e. The van der Waals surface area contributed by atoms with Crippen molar-refractivity contribution in [2.24, 2.45) is 0 Å². The number of thiazole rings is 1. The van der Waals surface area contributed by atoms with Gasteiger partial charge in [0.25, 0.3) is 0 Å². The molecule has 2 aromatic rings. The summed E-state index contributed by atoms with van der Waals surface area (Å²) < 4.78 is 0.941. The first-order valence-electron chi connectivity index (χ1n) is 5.31. The maximum Gasteiger partial charge on any atom is 0.107 e. The monoisotopic (exact) mass is 311 g/mol. The van der Waals surface area contributed by atoms with Crippen LogP contribution in [0.15, 0.2) is 28.1 Å². The summed E-state index contributed by atoms with van der Waals surface area (Å²) in [6.07, 6.45) is 0. The van der Waals surface area contributed by atoms with Crippen molar-refractivity contribution in [3.63, 3.8) is 0 Å². The van der Waals surface area contributed by atoms with Crippen LogP contribution in [0.2, 0.25) is 0 Å². The highest BCUT2D eigenvalue weighted by Crippen LogP contribution is 2.20. The Morgan fingerprint density at radius 1 is 1.41 bits per heavy atom. The molecule has 0 fully saturated rings. The molecule has 0 atom stereocenters. The molecule has 0 aliphatic heterocycles. The van der Waals surface area contributed by atoms with Crippen molar-refractivity contribution in [1.29, 1.82) is 0 Å². The van der Waals surface area contributed by atoms with Gasteiger partial charge < -0.3 is 11.1 Å². The molecule has 0 spiro atoms. The van der Waals surface area contributed by atoms with Crippen LogP contribution in [-0.2, 0) is 13.1 Å². The molecule has 0 aliphatic rings. The Morgan fingerprint density at radius 2 is 2.24 bits per heavy atom. The number of nitrogens with one attached hydrogen (secondary N) is 1. The fourth-order valence-corrected chi connectivity index (χ4v) is 2.49. The lowest BCUT2D eigenvalue weighted by atomic mass is 10.2. The minimum absolute atomic E-state index is 0.773. The van der Waals surface area contributed by atoms with Gasteiger partial charge in [0, 0.05) is 34.3 Å². The van der Waals surface area contributed by atoms with Crippen molar-refractivity contribution in [2.45, 2.75) is 20.0 Å². The average molecular weight is 312 g/mol. The summed E-state index contributed by atoms with van der Waals surface area (Å²) in [4.78, 5) is 4.40. The van der Waals surface area contributed by atoms with Gasteiger partial charge in [-0.2, -0.15) is 0 Å². The zero-order chi connectivity index (χ0) is 12.3. The van der Waals surface area contributed by atoms with E-state index < -0.39 is 0 Å². The Bertz CT molecular complexity index is 510. The summed E-state index contributed by atoms with van der Waals surface area (Å²) >= 11 is 5.07.